The number of hydrogen-bond acceptors (Lipinski definition) is 7. The summed E-state index contributed by atoms with van der Waals surface area (Å²) in [4.78, 5) is 22.6. The molecule has 2 aliphatic rings. The van der Waals surface area contributed by atoms with Gasteiger partial charge in [0.05, 0.1) is 37.7 Å². The molecule has 8 nitrogen and oxygen atoms in total. The third-order valence-corrected chi connectivity index (χ3v) is 6.15. The minimum Gasteiger partial charge on any atom is -0.380 e. The van der Waals surface area contributed by atoms with Crippen LogP contribution in [0.4, 0.5) is 16.0 Å². The van der Waals surface area contributed by atoms with Gasteiger partial charge in [-0.3, -0.25) is 9.78 Å². The minimum absolute atomic E-state index is 0.196. The molecule has 172 valence electrons. The Morgan fingerprint density at radius 2 is 2.03 bits per heavy atom. The van der Waals surface area contributed by atoms with Crippen LogP contribution in [0.5, 0.6) is 0 Å². The molecular formula is C23H23ClFN5O3. The highest BCUT2D eigenvalue weighted by Gasteiger charge is 2.26. The van der Waals surface area contributed by atoms with Crippen LogP contribution in [0.3, 0.4) is 0 Å². The fourth-order valence-electron chi connectivity index (χ4n) is 4.08. The van der Waals surface area contributed by atoms with Crippen LogP contribution < -0.4 is 15.8 Å². The number of pyridine rings is 1. The van der Waals surface area contributed by atoms with E-state index in [2.05, 4.69) is 15.3 Å². The number of halogens is 2. The molecule has 10 heteroatoms. The number of nitrogens with zero attached hydrogens (tertiary/aromatic N) is 4. The first-order chi connectivity index (χ1) is 16.1. The lowest BCUT2D eigenvalue weighted by molar-refractivity contribution is 0.0391. The standard InChI is InChI=1S/C23H23ClFN5O3/c24-30-22(31)11-20(18-5-7-26-12-19(18)25)28-23(30)29-8-10-33-21(13-29)15-1-3-16(4-2-15)27-17-6-9-32-14-17/h1-5,7,11-12,17,21,27H,6,8-10,13-14H2/t17?,21-/m1/s1. The predicted molar refractivity (Wildman–Crippen MR) is 123 cm³/mol. The normalized spacial score (nSPS) is 20.7. The number of nitrogens with one attached hydrogen (secondary N) is 1. The van der Waals surface area contributed by atoms with E-state index in [4.69, 9.17) is 21.3 Å². The molecule has 2 saturated heterocycles. The Hall–Kier alpha value is -3.01. The van der Waals surface area contributed by atoms with Gasteiger partial charge in [0.15, 0.2) is 5.82 Å². The lowest BCUT2D eigenvalue weighted by Crippen LogP contribution is -2.41. The summed E-state index contributed by atoms with van der Waals surface area (Å²) in [5, 5.41) is 3.47. The summed E-state index contributed by atoms with van der Waals surface area (Å²) in [5.41, 5.74) is 1.96. The number of rotatable bonds is 5. The topological polar surface area (TPSA) is 81.5 Å². The van der Waals surface area contributed by atoms with Crippen molar-refractivity contribution in [3.8, 4) is 11.3 Å². The average Bonchev–Trinajstić information content (AvgIpc) is 3.35. The molecule has 33 heavy (non-hydrogen) atoms. The summed E-state index contributed by atoms with van der Waals surface area (Å²) in [6.45, 7) is 2.89. The summed E-state index contributed by atoms with van der Waals surface area (Å²) in [6, 6.07) is 11.1. The Balaban J connectivity index is 1.36. The second-order valence-electron chi connectivity index (χ2n) is 8.05. The van der Waals surface area contributed by atoms with Crippen molar-refractivity contribution in [2.75, 3.05) is 43.1 Å². The van der Waals surface area contributed by atoms with Gasteiger partial charge in [-0.05, 0) is 30.2 Å². The maximum atomic E-state index is 14.2. The van der Waals surface area contributed by atoms with Crippen molar-refractivity contribution in [3.63, 3.8) is 0 Å². The first-order valence-electron chi connectivity index (χ1n) is 10.8. The lowest BCUT2D eigenvalue weighted by atomic mass is 10.1. The van der Waals surface area contributed by atoms with E-state index < -0.39 is 11.4 Å². The Morgan fingerprint density at radius 1 is 1.18 bits per heavy atom. The number of aromatic nitrogens is 3. The summed E-state index contributed by atoms with van der Waals surface area (Å²) in [6.07, 6.45) is 3.32. The molecule has 0 amide bonds. The highest BCUT2D eigenvalue weighted by molar-refractivity contribution is 6.16. The van der Waals surface area contributed by atoms with Gasteiger partial charge >= 0.3 is 0 Å². The third-order valence-electron chi connectivity index (χ3n) is 5.83. The largest absolute Gasteiger partial charge is 0.380 e. The quantitative estimate of drug-likeness (QED) is 0.611. The maximum absolute atomic E-state index is 14.2. The summed E-state index contributed by atoms with van der Waals surface area (Å²) >= 11 is 6.26. The van der Waals surface area contributed by atoms with E-state index in [1.807, 2.05) is 29.2 Å². The summed E-state index contributed by atoms with van der Waals surface area (Å²) in [5.74, 6) is -0.302. The first-order valence-corrected chi connectivity index (χ1v) is 11.1. The molecule has 0 aliphatic carbocycles. The molecule has 2 aromatic heterocycles. The van der Waals surface area contributed by atoms with Crippen molar-refractivity contribution >= 4 is 23.4 Å². The average molecular weight is 472 g/mol. The smallest absolute Gasteiger partial charge is 0.270 e. The molecule has 3 aromatic rings. The number of ether oxygens (including phenoxy) is 2. The van der Waals surface area contributed by atoms with Crippen molar-refractivity contribution in [1.82, 2.24) is 14.1 Å². The van der Waals surface area contributed by atoms with E-state index in [0.29, 0.717) is 25.7 Å². The van der Waals surface area contributed by atoms with Gasteiger partial charge in [0.2, 0.25) is 5.95 Å². The molecule has 4 heterocycles. The van der Waals surface area contributed by atoms with Crippen LogP contribution in [0.15, 0.2) is 53.6 Å². The second-order valence-corrected chi connectivity index (χ2v) is 8.39. The van der Waals surface area contributed by atoms with E-state index in [1.165, 1.54) is 18.3 Å². The molecule has 2 fully saturated rings. The van der Waals surface area contributed by atoms with Gasteiger partial charge in [0.25, 0.3) is 5.56 Å². The fraction of sp³-hybridized carbons (Fsp3) is 0.348. The van der Waals surface area contributed by atoms with Gasteiger partial charge in [-0.1, -0.05) is 12.1 Å². The zero-order valence-corrected chi connectivity index (χ0v) is 18.5. The van der Waals surface area contributed by atoms with E-state index >= 15 is 0 Å². The van der Waals surface area contributed by atoms with Gasteiger partial charge in [0.1, 0.15) is 6.10 Å². The van der Waals surface area contributed by atoms with Crippen LogP contribution >= 0.6 is 11.8 Å². The van der Waals surface area contributed by atoms with E-state index in [9.17, 15) is 9.18 Å². The fourth-order valence-corrected chi connectivity index (χ4v) is 4.28. The molecule has 0 spiro atoms. The summed E-state index contributed by atoms with van der Waals surface area (Å²) in [7, 11) is 0. The Labute approximate surface area is 195 Å². The number of anilines is 2. The molecule has 2 atom stereocenters. The SMILES string of the molecule is O=c1cc(-c2ccncc2F)nc(N2CCO[C@@H](c3ccc(NC4CCOC4)cc3)C2)n1Cl. The van der Waals surface area contributed by atoms with Crippen molar-refractivity contribution in [1.29, 1.82) is 0 Å². The predicted octanol–water partition coefficient (Wildman–Crippen LogP) is 3.23. The van der Waals surface area contributed by atoms with Crippen molar-refractivity contribution in [3.05, 3.63) is 70.5 Å². The van der Waals surface area contributed by atoms with Gasteiger partial charge < -0.3 is 19.7 Å². The molecule has 1 unspecified atom stereocenters. The van der Waals surface area contributed by atoms with Crippen molar-refractivity contribution < 1.29 is 13.9 Å². The zero-order chi connectivity index (χ0) is 22.8. The molecule has 0 saturated carbocycles. The zero-order valence-electron chi connectivity index (χ0n) is 17.8. The molecule has 1 aromatic carbocycles. The molecule has 5 rings (SSSR count). The van der Waals surface area contributed by atoms with Crippen LogP contribution in [0.25, 0.3) is 11.3 Å². The van der Waals surface area contributed by atoms with Gasteiger partial charge in [-0.15, -0.1) is 0 Å². The highest BCUT2D eigenvalue weighted by atomic mass is 35.5. The Bertz CT molecular complexity index is 1180. The third kappa shape index (κ3) is 4.71. The van der Waals surface area contributed by atoms with Crippen LogP contribution in [-0.4, -0.2) is 53.0 Å². The molecule has 0 radical (unpaired) electrons. The minimum atomic E-state index is -0.555. The van der Waals surface area contributed by atoms with Crippen molar-refractivity contribution in [2.45, 2.75) is 18.6 Å². The van der Waals surface area contributed by atoms with Crippen LogP contribution in [0, 0.1) is 5.82 Å². The van der Waals surface area contributed by atoms with E-state index in [-0.39, 0.29) is 23.3 Å². The van der Waals surface area contributed by atoms with Gasteiger partial charge in [-0.25, -0.2) is 9.37 Å². The van der Waals surface area contributed by atoms with E-state index in [0.717, 1.165) is 41.2 Å². The molecular weight excluding hydrogens is 449 g/mol. The van der Waals surface area contributed by atoms with Crippen molar-refractivity contribution in [2.24, 2.45) is 0 Å². The lowest BCUT2D eigenvalue weighted by Gasteiger charge is -2.34. The Morgan fingerprint density at radius 3 is 2.79 bits per heavy atom. The molecule has 2 aliphatic heterocycles. The molecule has 1 N–H and O–H groups in total. The molecule has 0 bridgehead atoms. The van der Waals surface area contributed by atoms with Crippen LogP contribution in [0.2, 0.25) is 0 Å². The number of hydrogen-bond donors (Lipinski definition) is 1. The van der Waals surface area contributed by atoms with Gasteiger partial charge in [0, 0.05) is 48.4 Å². The monoisotopic (exact) mass is 471 g/mol. The summed E-state index contributed by atoms with van der Waals surface area (Å²) < 4.78 is 26.6. The highest BCUT2D eigenvalue weighted by Crippen LogP contribution is 2.28. The number of morpholine rings is 1. The van der Waals surface area contributed by atoms with Crippen LogP contribution in [-0.2, 0) is 9.47 Å². The second kappa shape index (κ2) is 9.46. The van der Waals surface area contributed by atoms with Gasteiger partial charge in [-0.2, -0.15) is 4.09 Å². The Kier molecular flexibility index (Phi) is 6.26. The first kappa shape index (κ1) is 21.8. The number of benzene rings is 1. The van der Waals surface area contributed by atoms with Crippen LogP contribution in [0.1, 0.15) is 18.1 Å². The van der Waals surface area contributed by atoms with E-state index in [1.54, 1.807) is 0 Å². The maximum Gasteiger partial charge on any atom is 0.270 e.